The van der Waals surface area contributed by atoms with E-state index in [1.54, 1.807) is 25.3 Å². The first-order valence-electron chi connectivity index (χ1n) is 10.6. The van der Waals surface area contributed by atoms with Gasteiger partial charge in [0.05, 0.1) is 13.2 Å². The molecule has 32 heavy (non-hydrogen) atoms. The van der Waals surface area contributed by atoms with Crippen LogP contribution in [-0.4, -0.2) is 18.9 Å². The number of nitrogens with one attached hydrogen (secondary N) is 2. The third-order valence-electron chi connectivity index (χ3n) is 5.61. The van der Waals surface area contributed by atoms with Crippen molar-refractivity contribution in [3.8, 4) is 5.75 Å². The smallest absolute Gasteiger partial charge is 0.268 e. The van der Waals surface area contributed by atoms with Gasteiger partial charge in [-0.25, -0.2) is 0 Å². The zero-order valence-electron chi connectivity index (χ0n) is 18.2. The molecule has 1 heterocycles. The van der Waals surface area contributed by atoms with Crippen molar-refractivity contribution in [1.82, 2.24) is 10.6 Å². The molecule has 0 aliphatic heterocycles. The molecular weight excluding hydrogens is 420 g/mol. The number of benzene rings is 2. The van der Waals surface area contributed by atoms with Gasteiger partial charge in [0.2, 0.25) is 0 Å². The third kappa shape index (κ3) is 5.08. The topological polar surface area (TPSA) is 67.4 Å². The molecular formula is C26H26N2O3S. The van der Waals surface area contributed by atoms with Gasteiger partial charge in [-0.3, -0.25) is 9.59 Å². The van der Waals surface area contributed by atoms with Crippen LogP contribution in [0.5, 0.6) is 5.75 Å². The number of thiophene rings is 1. The van der Waals surface area contributed by atoms with Crippen molar-refractivity contribution in [3.63, 3.8) is 0 Å². The van der Waals surface area contributed by atoms with Gasteiger partial charge in [-0.05, 0) is 79.1 Å². The van der Waals surface area contributed by atoms with E-state index in [0.717, 1.165) is 41.0 Å². The Bertz CT molecular complexity index is 1130. The molecule has 5 nitrogen and oxygen atoms in total. The summed E-state index contributed by atoms with van der Waals surface area (Å²) in [6, 6.07) is 17.0. The van der Waals surface area contributed by atoms with E-state index in [9.17, 15) is 9.59 Å². The van der Waals surface area contributed by atoms with Gasteiger partial charge in [-0.2, -0.15) is 0 Å². The van der Waals surface area contributed by atoms with Gasteiger partial charge in [-0.1, -0.05) is 29.8 Å². The van der Waals surface area contributed by atoms with E-state index in [1.165, 1.54) is 16.9 Å². The van der Waals surface area contributed by atoms with E-state index < -0.39 is 0 Å². The van der Waals surface area contributed by atoms with Crippen molar-refractivity contribution in [2.24, 2.45) is 0 Å². The van der Waals surface area contributed by atoms with Crippen LogP contribution in [0.2, 0.25) is 0 Å². The maximum absolute atomic E-state index is 13.3. The van der Waals surface area contributed by atoms with E-state index in [0.29, 0.717) is 5.56 Å². The predicted octanol–water partition coefficient (Wildman–Crippen LogP) is 5.03. The van der Waals surface area contributed by atoms with Gasteiger partial charge in [0.1, 0.15) is 11.4 Å². The SMILES string of the molecule is COc1ccc2c(c1)CCCC2NC(=O)/C(=C/c1cccs1)NC(=O)c1ccc(C)cc1. The van der Waals surface area contributed by atoms with Crippen LogP contribution in [-0.2, 0) is 11.2 Å². The number of ether oxygens (including phenoxy) is 1. The fourth-order valence-electron chi connectivity index (χ4n) is 3.88. The molecule has 2 amide bonds. The van der Waals surface area contributed by atoms with Crippen LogP contribution >= 0.6 is 11.3 Å². The Morgan fingerprint density at radius 3 is 2.66 bits per heavy atom. The van der Waals surface area contributed by atoms with Crippen molar-refractivity contribution in [3.05, 3.63) is 92.8 Å². The number of amides is 2. The lowest BCUT2D eigenvalue weighted by molar-refractivity contribution is -0.118. The third-order valence-corrected chi connectivity index (χ3v) is 6.43. The number of rotatable bonds is 6. The second kappa shape index (κ2) is 9.83. The summed E-state index contributed by atoms with van der Waals surface area (Å²) in [5.74, 6) is 0.212. The summed E-state index contributed by atoms with van der Waals surface area (Å²) in [5, 5.41) is 7.89. The number of hydrogen-bond donors (Lipinski definition) is 2. The summed E-state index contributed by atoms with van der Waals surface area (Å²) in [6.45, 7) is 1.97. The van der Waals surface area contributed by atoms with Gasteiger partial charge < -0.3 is 15.4 Å². The van der Waals surface area contributed by atoms with Gasteiger partial charge in [0.15, 0.2) is 0 Å². The molecule has 1 aliphatic rings. The minimum atomic E-state index is -0.309. The molecule has 1 unspecified atom stereocenters. The van der Waals surface area contributed by atoms with Crippen LogP contribution in [0.1, 0.15) is 50.8 Å². The van der Waals surface area contributed by atoms with E-state index >= 15 is 0 Å². The monoisotopic (exact) mass is 446 g/mol. The van der Waals surface area contributed by atoms with E-state index in [1.807, 2.05) is 54.8 Å². The summed E-state index contributed by atoms with van der Waals surface area (Å²) in [4.78, 5) is 27.0. The average Bonchev–Trinajstić information content (AvgIpc) is 3.32. The number of fused-ring (bicyclic) bond motifs is 1. The Labute approximate surface area is 192 Å². The van der Waals surface area contributed by atoms with Crippen LogP contribution in [0.15, 0.2) is 65.7 Å². The zero-order chi connectivity index (χ0) is 22.5. The van der Waals surface area contributed by atoms with Crippen molar-refractivity contribution >= 4 is 29.2 Å². The van der Waals surface area contributed by atoms with E-state index in [-0.39, 0.29) is 23.6 Å². The Balaban J connectivity index is 1.56. The largest absolute Gasteiger partial charge is 0.497 e. The highest BCUT2D eigenvalue weighted by Crippen LogP contribution is 2.32. The van der Waals surface area contributed by atoms with Crippen LogP contribution in [0.25, 0.3) is 6.08 Å². The Hall–Kier alpha value is -3.38. The molecule has 2 aromatic carbocycles. The van der Waals surface area contributed by atoms with Gasteiger partial charge in [-0.15, -0.1) is 11.3 Å². The number of methoxy groups -OCH3 is 1. The van der Waals surface area contributed by atoms with Crippen LogP contribution in [0, 0.1) is 6.92 Å². The van der Waals surface area contributed by atoms with Gasteiger partial charge in [0, 0.05) is 10.4 Å². The minimum absolute atomic E-state index is 0.111. The minimum Gasteiger partial charge on any atom is -0.497 e. The lowest BCUT2D eigenvalue weighted by Crippen LogP contribution is -2.37. The Morgan fingerprint density at radius 1 is 1.12 bits per heavy atom. The van der Waals surface area contributed by atoms with Gasteiger partial charge in [0.25, 0.3) is 11.8 Å². The molecule has 164 valence electrons. The number of carbonyl (C=O) groups is 2. The molecule has 1 aliphatic carbocycles. The van der Waals surface area contributed by atoms with Crippen molar-refractivity contribution < 1.29 is 14.3 Å². The molecule has 3 aromatic rings. The molecule has 6 heteroatoms. The Kier molecular flexibility index (Phi) is 6.71. The first-order chi connectivity index (χ1) is 15.5. The first-order valence-corrected chi connectivity index (χ1v) is 11.5. The summed E-state index contributed by atoms with van der Waals surface area (Å²) in [6.07, 6.45) is 4.51. The maximum atomic E-state index is 13.3. The van der Waals surface area contributed by atoms with Crippen LogP contribution in [0.3, 0.4) is 0 Å². The quantitative estimate of drug-likeness (QED) is 0.522. The average molecular weight is 447 g/mol. The van der Waals surface area contributed by atoms with E-state index in [2.05, 4.69) is 10.6 Å². The van der Waals surface area contributed by atoms with E-state index in [4.69, 9.17) is 4.74 Å². The normalized spacial score (nSPS) is 15.6. The molecule has 0 radical (unpaired) electrons. The molecule has 1 atom stereocenters. The summed E-state index contributed by atoms with van der Waals surface area (Å²) in [5.41, 5.74) is 4.11. The highest BCUT2D eigenvalue weighted by molar-refractivity contribution is 7.10. The summed E-state index contributed by atoms with van der Waals surface area (Å²) in [7, 11) is 1.65. The Morgan fingerprint density at radius 2 is 1.94 bits per heavy atom. The fourth-order valence-corrected chi connectivity index (χ4v) is 4.53. The number of aryl methyl sites for hydroxylation is 2. The lowest BCUT2D eigenvalue weighted by atomic mass is 9.87. The van der Waals surface area contributed by atoms with Crippen molar-refractivity contribution in [2.75, 3.05) is 7.11 Å². The molecule has 0 saturated carbocycles. The standard InChI is InChI=1S/C26H26N2O3S/c1-17-8-10-18(11-9-17)25(29)28-24(16-21-6-4-14-32-21)26(30)27-23-7-3-5-19-15-20(31-2)12-13-22(19)23/h4,6,8-16,23H,3,5,7H2,1-2H3,(H,27,30)(H,28,29)/b24-16-. The molecule has 0 fully saturated rings. The predicted molar refractivity (Wildman–Crippen MR) is 128 cm³/mol. The summed E-state index contributed by atoms with van der Waals surface area (Å²) < 4.78 is 5.34. The van der Waals surface area contributed by atoms with Crippen molar-refractivity contribution in [1.29, 1.82) is 0 Å². The van der Waals surface area contributed by atoms with Crippen LogP contribution in [0.4, 0.5) is 0 Å². The summed E-state index contributed by atoms with van der Waals surface area (Å²) >= 11 is 1.51. The second-order valence-corrected chi connectivity index (χ2v) is 8.86. The number of carbonyl (C=O) groups excluding carboxylic acids is 2. The zero-order valence-corrected chi connectivity index (χ0v) is 19.0. The second-order valence-electron chi connectivity index (χ2n) is 7.88. The molecule has 1 aromatic heterocycles. The van der Waals surface area contributed by atoms with Crippen molar-refractivity contribution in [2.45, 2.75) is 32.2 Å². The molecule has 0 spiro atoms. The maximum Gasteiger partial charge on any atom is 0.268 e. The highest BCUT2D eigenvalue weighted by Gasteiger charge is 2.24. The molecule has 0 saturated heterocycles. The van der Waals surface area contributed by atoms with Gasteiger partial charge >= 0.3 is 0 Å². The highest BCUT2D eigenvalue weighted by atomic mass is 32.1. The first kappa shape index (κ1) is 21.8. The molecule has 0 bridgehead atoms. The number of hydrogen-bond acceptors (Lipinski definition) is 4. The van der Waals surface area contributed by atoms with Crippen LogP contribution < -0.4 is 15.4 Å². The lowest BCUT2D eigenvalue weighted by Gasteiger charge is -2.27. The molecule has 2 N–H and O–H groups in total. The fraction of sp³-hybridized carbons (Fsp3) is 0.231. The molecule has 4 rings (SSSR count).